The van der Waals surface area contributed by atoms with Crippen LogP contribution in [0.5, 0.6) is 5.75 Å². The summed E-state index contributed by atoms with van der Waals surface area (Å²) in [7, 11) is 1.66. The Balaban J connectivity index is 1.30. The third-order valence-corrected chi connectivity index (χ3v) is 5.58. The SMILES string of the molecule is COc1cccc(-c2ccc(CN3CCc4nc(-c5cncnc5)[nH]c(=O)c4C3)cn2)c1. The molecule has 1 aromatic carbocycles. The van der Waals surface area contributed by atoms with Crippen LogP contribution in [0.4, 0.5) is 0 Å². The Bertz CT molecular complexity index is 1290. The first-order chi connectivity index (χ1) is 15.7. The first kappa shape index (κ1) is 20.0. The van der Waals surface area contributed by atoms with E-state index in [1.807, 2.05) is 36.5 Å². The molecule has 0 saturated heterocycles. The second-order valence-electron chi connectivity index (χ2n) is 7.71. The van der Waals surface area contributed by atoms with E-state index in [2.05, 4.69) is 35.9 Å². The third kappa shape index (κ3) is 4.13. The van der Waals surface area contributed by atoms with Gasteiger partial charge in [0.2, 0.25) is 0 Å². The second-order valence-corrected chi connectivity index (χ2v) is 7.71. The van der Waals surface area contributed by atoms with Gasteiger partial charge in [-0.15, -0.1) is 0 Å². The molecule has 32 heavy (non-hydrogen) atoms. The number of methoxy groups -OCH3 is 1. The van der Waals surface area contributed by atoms with E-state index in [0.29, 0.717) is 17.9 Å². The van der Waals surface area contributed by atoms with Gasteiger partial charge in [0.05, 0.1) is 29.6 Å². The Morgan fingerprint density at radius 3 is 2.75 bits per heavy atom. The molecular weight excluding hydrogens is 404 g/mol. The molecule has 0 aliphatic carbocycles. The number of hydrogen-bond donors (Lipinski definition) is 1. The lowest BCUT2D eigenvalue weighted by Crippen LogP contribution is -2.35. The average Bonchev–Trinajstić information content (AvgIpc) is 2.85. The molecule has 0 fully saturated rings. The van der Waals surface area contributed by atoms with E-state index in [0.717, 1.165) is 53.3 Å². The molecule has 0 atom stereocenters. The highest BCUT2D eigenvalue weighted by molar-refractivity contribution is 5.61. The van der Waals surface area contributed by atoms with Gasteiger partial charge in [0.1, 0.15) is 17.9 Å². The molecule has 0 spiro atoms. The van der Waals surface area contributed by atoms with Gasteiger partial charge in [0.15, 0.2) is 0 Å². The zero-order valence-corrected chi connectivity index (χ0v) is 17.7. The molecule has 1 aliphatic rings. The van der Waals surface area contributed by atoms with Crippen LogP contribution in [0.2, 0.25) is 0 Å². The first-order valence-electron chi connectivity index (χ1n) is 10.4. The molecule has 0 unspecified atom stereocenters. The maximum absolute atomic E-state index is 12.7. The minimum absolute atomic E-state index is 0.106. The number of fused-ring (bicyclic) bond motifs is 1. The van der Waals surface area contributed by atoms with E-state index in [9.17, 15) is 4.79 Å². The summed E-state index contributed by atoms with van der Waals surface area (Å²) in [6.07, 6.45) is 7.36. The van der Waals surface area contributed by atoms with Crippen molar-refractivity contribution >= 4 is 0 Å². The fraction of sp³-hybridized carbons (Fsp3) is 0.208. The Hall–Kier alpha value is -3.91. The van der Waals surface area contributed by atoms with Crippen LogP contribution in [0.1, 0.15) is 16.8 Å². The molecule has 4 aromatic rings. The van der Waals surface area contributed by atoms with Crippen LogP contribution in [-0.2, 0) is 19.5 Å². The number of pyridine rings is 1. The van der Waals surface area contributed by atoms with Crippen molar-refractivity contribution in [2.24, 2.45) is 0 Å². The number of H-pyrrole nitrogens is 1. The molecule has 4 heterocycles. The molecule has 8 nitrogen and oxygen atoms in total. The molecule has 0 radical (unpaired) electrons. The zero-order valence-electron chi connectivity index (χ0n) is 17.7. The predicted octanol–water partition coefficient (Wildman–Crippen LogP) is 2.86. The molecule has 8 heteroatoms. The summed E-state index contributed by atoms with van der Waals surface area (Å²) < 4.78 is 5.30. The van der Waals surface area contributed by atoms with E-state index in [4.69, 9.17) is 4.74 Å². The number of rotatable bonds is 5. The van der Waals surface area contributed by atoms with Crippen molar-refractivity contribution < 1.29 is 4.74 Å². The normalized spacial score (nSPS) is 13.5. The van der Waals surface area contributed by atoms with Crippen molar-refractivity contribution in [2.45, 2.75) is 19.5 Å². The second kappa shape index (κ2) is 8.68. The van der Waals surface area contributed by atoms with Crippen LogP contribution in [0.15, 0.2) is 66.1 Å². The number of aromatic nitrogens is 5. The van der Waals surface area contributed by atoms with E-state index < -0.39 is 0 Å². The average molecular weight is 426 g/mol. The van der Waals surface area contributed by atoms with E-state index in [-0.39, 0.29) is 5.56 Å². The number of nitrogens with one attached hydrogen (secondary N) is 1. The first-order valence-corrected chi connectivity index (χ1v) is 10.4. The fourth-order valence-corrected chi connectivity index (χ4v) is 3.90. The smallest absolute Gasteiger partial charge is 0.255 e. The van der Waals surface area contributed by atoms with Gasteiger partial charge in [-0.3, -0.25) is 14.7 Å². The van der Waals surface area contributed by atoms with Gasteiger partial charge >= 0.3 is 0 Å². The molecule has 0 amide bonds. The van der Waals surface area contributed by atoms with E-state index in [1.54, 1.807) is 19.5 Å². The van der Waals surface area contributed by atoms with Crippen molar-refractivity contribution in [1.29, 1.82) is 0 Å². The van der Waals surface area contributed by atoms with Gasteiger partial charge in [0.25, 0.3) is 5.56 Å². The molecule has 0 bridgehead atoms. The number of ether oxygens (including phenoxy) is 1. The molecule has 5 rings (SSSR count). The summed E-state index contributed by atoms with van der Waals surface area (Å²) in [5, 5.41) is 0. The number of aromatic amines is 1. The zero-order chi connectivity index (χ0) is 21.9. The number of hydrogen-bond acceptors (Lipinski definition) is 7. The lowest BCUT2D eigenvalue weighted by atomic mass is 10.1. The van der Waals surface area contributed by atoms with E-state index in [1.165, 1.54) is 6.33 Å². The molecule has 160 valence electrons. The standard InChI is InChI=1S/C24H22N6O2/c1-32-19-4-2-3-17(9-19)21-6-5-16(10-27-21)13-30-8-7-22-20(14-30)24(31)29-23(28-22)18-11-25-15-26-12-18/h2-6,9-12,15H,7-8,13-14H2,1H3,(H,28,29,31). The van der Waals surface area contributed by atoms with Gasteiger partial charge in [-0.25, -0.2) is 15.0 Å². The summed E-state index contributed by atoms with van der Waals surface area (Å²) in [6.45, 7) is 2.10. The van der Waals surface area contributed by atoms with Gasteiger partial charge in [-0.05, 0) is 23.8 Å². The van der Waals surface area contributed by atoms with Crippen LogP contribution in [-0.4, -0.2) is 43.5 Å². The van der Waals surface area contributed by atoms with Gasteiger partial charge < -0.3 is 9.72 Å². The highest BCUT2D eigenvalue weighted by atomic mass is 16.5. The van der Waals surface area contributed by atoms with Crippen LogP contribution < -0.4 is 10.3 Å². The summed E-state index contributed by atoms with van der Waals surface area (Å²) in [5.74, 6) is 1.32. The highest BCUT2D eigenvalue weighted by Crippen LogP contribution is 2.23. The quantitative estimate of drug-likeness (QED) is 0.524. The van der Waals surface area contributed by atoms with Crippen molar-refractivity contribution in [3.63, 3.8) is 0 Å². The number of benzene rings is 1. The molecule has 3 aromatic heterocycles. The van der Waals surface area contributed by atoms with Crippen LogP contribution >= 0.6 is 0 Å². The molecule has 1 aliphatic heterocycles. The summed E-state index contributed by atoms with van der Waals surface area (Å²) in [4.78, 5) is 35.1. The van der Waals surface area contributed by atoms with Crippen molar-refractivity contribution in [3.05, 3.63) is 88.5 Å². The summed E-state index contributed by atoms with van der Waals surface area (Å²) >= 11 is 0. The fourth-order valence-electron chi connectivity index (χ4n) is 3.90. The Kier molecular flexibility index (Phi) is 5.43. The molecular formula is C24H22N6O2. The van der Waals surface area contributed by atoms with Gasteiger partial charge in [0, 0.05) is 50.2 Å². The molecule has 0 saturated carbocycles. The van der Waals surface area contributed by atoms with Crippen LogP contribution in [0, 0.1) is 0 Å². The predicted molar refractivity (Wildman–Crippen MR) is 120 cm³/mol. The number of nitrogens with zero attached hydrogens (tertiary/aromatic N) is 5. The van der Waals surface area contributed by atoms with Crippen molar-refractivity contribution in [3.8, 4) is 28.4 Å². The Labute approximate surface area is 185 Å². The van der Waals surface area contributed by atoms with Gasteiger partial charge in [-0.1, -0.05) is 18.2 Å². The highest BCUT2D eigenvalue weighted by Gasteiger charge is 2.22. The van der Waals surface area contributed by atoms with Crippen LogP contribution in [0.25, 0.3) is 22.6 Å². The summed E-state index contributed by atoms with van der Waals surface area (Å²) in [6, 6.07) is 12.0. The minimum Gasteiger partial charge on any atom is -0.497 e. The van der Waals surface area contributed by atoms with Crippen molar-refractivity contribution in [2.75, 3.05) is 13.7 Å². The van der Waals surface area contributed by atoms with Crippen molar-refractivity contribution in [1.82, 2.24) is 29.8 Å². The largest absolute Gasteiger partial charge is 0.497 e. The topological polar surface area (TPSA) is 96.9 Å². The maximum Gasteiger partial charge on any atom is 0.255 e. The lowest BCUT2D eigenvalue weighted by molar-refractivity contribution is 0.241. The Morgan fingerprint density at radius 2 is 1.97 bits per heavy atom. The monoisotopic (exact) mass is 426 g/mol. The minimum atomic E-state index is -0.106. The molecule has 1 N–H and O–H groups in total. The summed E-state index contributed by atoms with van der Waals surface area (Å²) in [5.41, 5.74) is 5.17. The maximum atomic E-state index is 12.7. The van der Waals surface area contributed by atoms with Crippen LogP contribution in [0.3, 0.4) is 0 Å². The Morgan fingerprint density at radius 1 is 1.09 bits per heavy atom. The third-order valence-electron chi connectivity index (χ3n) is 5.58. The lowest BCUT2D eigenvalue weighted by Gasteiger charge is -2.27. The van der Waals surface area contributed by atoms with Gasteiger partial charge in [-0.2, -0.15) is 0 Å². The van der Waals surface area contributed by atoms with E-state index >= 15 is 0 Å².